The second-order valence-electron chi connectivity index (χ2n) is 4.46. The number of carbonyl (C=O) groups is 1. The fourth-order valence-corrected chi connectivity index (χ4v) is 2.12. The number of benzene rings is 1. The van der Waals surface area contributed by atoms with Crippen LogP contribution >= 0.6 is 0 Å². The Labute approximate surface area is 109 Å². The van der Waals surface area contributed by atoms with Gasteiger partial charge in [-0.2, -0.15) is 0 Å². The summed E-state index contributed by atoms with van der Waals surface area (Å²) in [5.41, 5.74) is 2.52. The molecule has 19 heavy (non-hydrogen) atoms. The molecule has 1 aromatic carbocycles. The molecule has 2 heterocycles. The van der Waals surface area contributed by atoms with Crippen LogP contribution < -0.4 is 10.6 Å². The summed E-state index contributed by atoms with van der Waals surface area (Å²) in [6, 6.07) is 5.39. The van der Waals surface area contributed by atoms with Crippen LogP contribution in [0.15, 0.2) is 30.6 Å². The highest BCUT2D eigenvalue weighted by Crippen LogP contribution is 2.14. The van der Waals surface area contributed by atoms with Crippen molar-refractivity contribution in [2.75, 3.05) is 5.32 Å². The molecule has 1 unspecified atom stereocenters. The molecule has 1 atom stereocenters. The van der Waals surface area contributed by atoms with Crippen molar-refractivity contribution in [2.45, 2.75) is 19.0 Å². The van der Waals surface area contributed by atoms with Crippen LogP contribution in [0.1, 0.15) is 11.4 Å². The molecule has 1 aliphatic heterocycles. The van der Waals surface area contributed by atoms with Gasteiger partial charge in [0.2, 0.25) is 5.91 Å². The summed E-state index contributed by atoms with van der Waals surface area (Å²) in [5, 5.41) is 5.89. The van der Waals surface area contributed by atoms with Crippen molar-refractivity contribution in [1.82, 2.24) is 15.3 Å². The lowest BCUT2D eigenvalue weighted by molar-refractivity contribution is -0.118. The quantitative estimate of drug-likeness (QED) is 0.760. The first-order valence-corrected chi connectivity index (χ1v) is 6.03. The first-order chi connectivity index (χ1) is 9.22. The molecule has 0 saturated heterocycles. The van der Waals surface area contributed by atoms with Gasteiger partial charge >= 0.3 is 0 Å². The van der Waals surface area contributed by atoms with Crippen LogP contribution in [0.25, 0.3) is 0 Å². The fraction of sp³-hybridized carbons (Fsp3) is 0.231. The van der Waals surface area contributed by atoms with Gasteiger partial charge in [-0.05, 0) is 24.3 Å². The van der Waals surface area contributed by atoms with Gasteiger partial charge in [0, 0.05) is 18.7 Å². The van der Waals surface area contributed by atoms with E-state index in [0.717, 1.165) is 11.4 Å². The van der Waals surface area contributed by atoms with Gasteiger partial charge in [0.25, 0.3) is 0 Å². The monoisotopic (exact) mass is 260 g/mol. The van der Waals surface area contributed by atoms with Gasteiger partial charge in [-0.1, -0.05) is 0 Å². The molecule has 0 fully saturated rings. The molecule has 98 valence electrons. The van der Waals surface area contributed by atoms with Gasteiger partial charge in [-0.3, -0.25) is 10.1 Å². The minimum atomic E-state index is -0.324. The van der Waals surface area contributed by atoms with Crippen LogP contribution in [0.3, 0.4) is 0 Å². The minimum absolute atomic E-state index is 0.139. The van der Waals surface area contributed by atoms with E-state index in [1.54, 1.807) is 6.33 Å². The predicted molar refractivity (Wildman–Crippen MR) is 67.9 cm³/mol. The summed E-state index contributed by atoms with van der Waals surface area (Å²) in [7, 11) is 0. The second kappa shape index (κ2) is 4.81. The molecule has 1 amide bonds. The van der Waals surface area contributed by atoms with E-state index >= 15 is 0 Å². The number of nitrogens with one attached hydrogen (secondary N) is 3. The Morgan fingerprint density at radius 2 is 2.16 bits per heavy atom. The SMILES string of the molecule is O=C(Nc1ccc(F)cc1)C1Cc2nc[nH]c2CN1. The zero-order valence-electron chi connectivity index (χ0n) is 10.1. The molecule has 0 saturated carbocycles. The third kappa shape index (κ3) is 2.48. The molecule has 0 bridgehead atoms. The fourth-order valence-electron chi connectivity index (χ4n) is 2.12. The van der Waals surface area contributed by atoms with Crippen LogP contribution in [-0.2, 0) is 17.8 Å². The minimum Gasteiger partial charge on any atom is -0.347 e. The smallest absolute Gasteiger partial charge is 0.241 e. The lowest BCUT2D eigenvalue weighted by Gasteiger charge is -2.22. The Balaban J connectivity index is 1.67. The second-order valence-corrected chi connectivity index (χ2v) is 4.46. The largest absolute Gasteiger partial charge is 0.347 e. The highest BCUT2D eigenvalue weighted by atomic mass is 19.1. The Morgan fingerprint density at radius 1 is 1.37 bits per heavy atom. The van der Waals surface area contributed by atoms with Gasteiger partial charge in [0.15, 0.2) is 0 Å². The first-order valence-electron chi connectivity index (χ1n) is 6.03. The number of aromatic amines is 1. The molecule has 6 heteroatoms. The number of hydrogen-bond donors (Lipinski definition) is 3. The van der Waals surface area contributed by atoms with Crippen molar-refractivity contribution < 1.29 is 9.18 Å². The molecule has 0 aliphatic carbocycles. The number of nitrogens with zero attached hydrogens (tertiary/aromatic N) is 1. The van der Waals surface area contributed by atoms with Gasteiger partial charge < -0.3 is 10.3 Å². The van der Waals surface area contributed by atoms with Crippen molar-refractivity contribution in [1.29, 1.82) is 0 Å². The number of aromatic nitrogens is 2. The number of halogens is 1. The van der Waals surface area contributed by atoms with Crippen LogP contribution in [-0.4, -0.2) is 21.9 Å². The van der Waals surface area contributed by atoms with Gasteiger partial charge in [0.1, 0.15) is 5.82 Å². The number of anilines is 1. The van der Waals surface area contributed by atoms with E-state index in [0.29, 0.717) is 18.7 Å². The average Bonchev–Trinajstić information content (AvgIpc) is 2.88. The van der Waals surface area contributed by atoms with E-state index in [9.17, 15) is 9.18 Å². The summed E-state index contributed by atoms with van der Waals surface area (Å²) in [4.78, 5) is 19.3. The number of imidazole rings is 1. The Hall–Kier alpha value is -2.21. The predicted octanol–water partition coefficient (Wildman–Crippen LogP) is 1.20. The van der Waals surface area contributed by atoms with E-state index in [4.69, 9.17) is 0 Å². The number of H-pyrrole nitrogens is 1. The summed E-state index contributed by atoms with van der Waals surface area (Å²) in [5.74, 6) is -0.463. The van der Waals surface area contributed by atoms with E-state index < -0.39 is 0 Å². The number of hydrogen-bond acceptors (Lipinski definition) is 3. The van der Waals surface area contributed by atoms with Crippen LogP contribution in [0.5, 0.6) is 0 Å². The molecule has 5 nitrogen and oxygen atoms in total. The van der Waals surface area contributed by atoms with Gasteiger partial charge in [-0.15, -0.1) is 0 Å². The van der Waals surface area contributed by atoms with Crippen molar-refractivity contribution >= 4 is 11.6 Å². The Morgan fingerprint density at radius 3 is 2.95 bits per heavy atom. The highest BCUT2D eigenvalue weighted by Gasteiger charge is 2.25. The molecule has 0 spiro atoms. The lowest BCUT2D eigenvalue weighted by atomic mass is 10.0. The van der Waals surface area contributed by atoms with Crippen molar-refractivity contribution in [3.05, 3.63) is 47.8 Å². The number of rotatable bonds is 2. The third-order valence-corrected chi connectivity index (χ3v) is 3.16. The number of fused-ring (bicyclic) bond motifs is 1. The van der Waals surface area contributed by atoms with Gasteiger partial charge in [-0.25, -0.2) is 9.37 Å². The van der Waals surface area contributed by atoms with E-state index in [-0.39, 0.29) is 17.8 Å². The summed E-state index contributed by atoms with van der Waals surface area (Å²) >= 11 is 0. The maximum absolute atomic E-state index is 12.8. The molecule has 2 aromatic rings. The van der Waals surface area contributed by atoms with Crippen LogP contribution in [0.2, 0.25) is 0 Å². The summed E-state index contributed by atoms with van der Waals surface area (Å²) < 4.78 is 12.8. The van der Waals surface area contributed by atoms with E-state index in [1.165, 1.54) is 24.3 Å². The zero-order chi connectivity index (χ0) is 13.2. The summed E-state index contributed by atoms with van der Waals surface area (Å²) in [6.07, 6.45) is 2.18. The molecule has 0 radical (unpaired) electrons. The van der Waals surface area contributed by atoms with Crippen LogP contribution in [0, 0.1) is 5.82 Å². The normalized spacial score (nSPS) is 17.8. The Kier molecular flexibility index (Phi) is 3.00. The molecule has 3 N–H and O–H groups in total. The molecular formula is C13H13FN4O. The van der Waals surface area contributed by atoms with Crippen molar-refractivity contribution in [3.63, 3.8) is 0 Å². The standard InChI is InChI=1S/C13H13FN4O/c14-8-1-3-9(4-2-8)18-13(19)11-5-10-12(6-15-11)17-7-16-10/h1-4,7,11,15H,5-6H2,(H,16,17)(H,18,19). The molecule has 3 rings (SSSR count). The van der Waals surface area contributed by atoms with E-state index in [2.05, 4.69) is 20.6 Å². The maximum Gasteiger partial charge on any atom is 0.241 e. The van der Waals surface area contributed by atoms with Crippen LogP contribution in [0.4, 0.5) is 10.1 Å². The summed E-state index contributed by atoms with van der Waals surface area (Å²) in [6.45, 7) is 0.594. The number of amides is 1. The average molecular weight is 260 g/mol. The Bertz CT molecular complexity index is 593. The molecule has 1 aliphatic rings. The van der Waals surface area contributed by atoms with Crippen molar-refractivity contribution in [3.8, 4) is 0 Å². The van der Waals surface area contributed by atoms with Crippen molar-refractivity contribution in [2.24, 2.45) is 0 Å². The molecular weight excluding hydrogens is 247 g/mol. The zero-order valence-corrected chi connectivity index (χ0v) is 10.1. The maximum atomic E-state index is 12.8. The molecule has 1 aromatic heterocycles. The van der Waals surface area contributed by atoms with Gasteiger partial charge in [0.05, 0.1) is 23.8 Å². The lowest BCUT2D eigenvalue weighted by Crippen LogP contribution is -2.44. The highest BCUT2D eigenvalue weighted by molar-refractivity contribution is 5.95. The topological polar surface area (TPSA) is 69.8 Å². The number of carbonyl (C=O) groups excluding carboxylic acids is 1. The van der Waals surface area contributed by atoms with E-state index in [1.807, 2.05) is 0 Å². The first kappa shape index (κ1) is 11.9. The third-order valence-electron chi connectivity index (χ3n) is 3.16.